The first-order chi connectivity index (χ1) is 7.83. The monoisotopic (exact) mass is 205 g/mol. The van der Waals surface area contributed by atoms with Gasteiger partial charge in [-0.3, -0.25) is 4.98 Å². The number of benzene rings is 1. The Kier molecular flexibility index (Phi) is 2.63. The predicted octanol–water partition coefficient (Wildman–Crippen LogP) is 2.49. The SMILES string of the molecule is N#Cc1ccc(-c2cncc(C#N)c2)cc1. The highest BCUT2D eigenvalue weighted by Gasteiger charge is 1.99. The zero-order chi connectivity index (χ0) is 11.4. The largest absolute Gasteiger partial charge is 0.263 e. The first kappa shape index (κ1) is 9.89. The lowest BCUT2D eigenvalue weighted by Crippen LogP contribution is -1.83. The van der Waals surface area contributed by atoms with Crippen molar-refractivity contribution < 1.29 is 0 Å². The van der Waals surface area contributed by atoms with Gasteiger partial charge in [0.15, 0.2) is 0 Å². The van der Waals surface area contributed by atoms with E-state index >= 15 is 0 Å². The Hall–Kier alpha value is -2.65. The molecule has 0 aliphatic rings. The van der Waals surface area contributed by atoms with Crippen LogP contribution in [0.1, 0.15) is 11.1 Å². The number of hydrogen-bond donors (Lipinski definition) is 0. The van der Waals surface area contributed by atoms with E-state index in [1.54, 1.807) is 24.4 Å². The molecule has 0 aliphatic carbocycles. The van der Waals surface area contributed by atoms with Gasteiger partial charge in [-0.1, -0.05) is 12.1 Å². The molecule has 0 fully saturated rings. The summed E-state index contributed by atoms with van der Waals surface area (Å²) < 4.78 is 0. The summed E-state index contributed by atoms with van der Waals surface area (Å²) in [6.07, 6.45) is 3.22. The van der Waals surface area contributed by atoms with Crippen molar-refractivity contribution in [2.24, 2.45) is 0 Å². The van der Waals surface area contributed by atoms with Gasteiger partial charge in [-0.25, -0.2) is 0 Å². The number of rotatable bonds is 1. The number of nitriles is 2. The molecule has 1 aromatic heterocycles. The van der Waals surface area contributed by atoms with Gasteiger partial charge in [-0.15, -0.1) is 0 Å². The maximum absolute atomic E-state index is 8.76. The number of nitrogens with zero attached hydrogens (tertiary/aromatic N) is 3. The van der Waals surface area contributed by atoms with Gasteiger partial charge < -0.3 is 0 Å². The molecule has 3 heteroatoms. The van der Waals surface area contributed by atoms with Crippen LogP contribution in [-0.2, 0) is 0 Å². The highest BCUT2D eigenvalue weighted by atomic mass is 14.6. The van der Waals surface area contributed by atoms with Crippen molar-refractivity contribution >= 4 is 0 Å². The van der Waals surface area contributed by atoms with Gasteiger partial charge in [0.1, 0.15) is 6.07 Å². The van der Waals surface area contributed by atoms with E-state index in [0.29, 0.717) is 11.1 Å². The Morgan fingerprint density at radius 2 is 1.50 bits per heavy atom. The average molecular weight is 205 g/mol. The van der Waals surface area contributed by atoms with Gasteiger partial charge in [0.05, 0.1) is 17.2 Å². The molecule has 0 N–H and O–H groups in total. The van der Waals surface area contributed by atoms with Crippen LogP contribution >= 0.6 is 0 Å². The molecule has 16 heavy (non-hydrogen) atoms. The van der Waals surface area contributed by atoms with Crippen molar-refractivity contribution in [2.45, 2.75) is 0 Å². The van der Waals surface area contributed by atoms with E-state index in [1.807, 2.05) is 18.2 Å². The second-order valence-electron chi connectivity index (χ2n) is 3.26. The summed E-state index contributed by atoms with van der Waals surface area (Å²) >= 11 is 0. The quantitative estimate of drug-likeness (QED) is 0.718. The van der Waals surface area contributed by atoms with Gasteiger partial charge in [0, 0.05) is 18.0 Å². The zero-order valence-electron chi connectivity index (χ0n) is 8.38. The Morgan fingerprint density at radius 1 is 0.812 bits per heavy atom. The summed E-state index contributed by atoms with van der Waals surface area (Å²) in [5.74, 6) is 0. The fraction of sp³-hybridized carbons (Fsp3) is 0. The molecule has 1 heterocycles. The van der Waals surface area contributed by atoms with Crippen LogP contribution in [0.15, 0.2) is 42.7 Å². The summed E-state index contributed by atoms with van der Waals surface area (Å²) in [6, 6.07) is 13.1. The van der Waals surface area contributed by atoms with Crippen molar-refractivity contribution in [3.8, 4) is 23.3 Å². The zero-order valence-corrected chi connectivity index (χ0v) is 8.38. The lowest BCUT2D eigenvalue weighted by Gasteiger charge is -2.00. The molecule has 2 rings (SSSR count). The molecule has 0 saturated carbocycles. The van der Waals surface area contributed by atoms with Crippen molar-refractivity contribution in [2.75, 3.05) is 0 Å². The molecule has 0 radical (unpaired) electrons. The summed E-state index contributed by atoms with van der Waals surface area (Å²) in [6.45, 7) is 0. The molecule has 0 amide bonds. The van der Waals surface area contributed by atoms with Crippen LogP contribution in [0.25, 0.3) is 11.1 Å². The summed E-state index contributed by atoms with van der Waals surface area (Å²) in [4.78, 5) is 3.99. The Labute approximate surface area is 93.2 Å². The lowest BCUT2D eigenvalue weighted by atomic mass is 10.0. The first-order valence-corrected chi connectivity index (χ1v) is 4.69. The van der Waals surface area contributed by atoms with Crippen molar-refractivity contribution in [3.05, 3.63) is 53.9 Å². The van der Waals surface area contributed by atoms with E-state index in [4.69, 9.17) is 10.5 Å². The third kappa shape index (κ3) is 1.89. The molecule has 0 bridgehead atoms. The second-order valence-corrected chi connectivity index (χ2v) is 3.26. The van der Waals surface area contributed by atoms with Crippen LogP contribution < -0.4 is 0 Å². The van der Waals surface area contributed by atoms with Crippen LogP contribution in [0.3, 0.4) is 0 Å². The molecule has 0 saturated heterocycles. The standard InChI is InChI=1S/C13H7N3/c14-6-10-1-3-12(4-2-10)13-5-11(7-15)8-16-9-13/h1-5,8-9H. The fourth-order valence-electron chi connectivity index (χ4n) is 1.40. The topological polar surface area (TPSA) is 60.5 Å². The third-order valence-corrected chi connectivity index (χ3v) is 2.21. The van der Waals surface area contributed by atoms with Crippen LogP contribution in [0.5, 0.6) is 0 Å². The molecule has 1 aromatic carbocycles. The molecule has 0 aliphatic heterocycles. The highest BCUT2D eigenvalue weighted by Crippen LogP contribution is 2.19. The van der Waals surface area contributed by atoms with Crippen molar-refractivity contribution in [1.82, 2.24) is 4.98 Å². The Morgan fingerprint density at radius 3 is 2.12 bits per heavy atom. The summed E-state index contributed by atoms with van der Waals surface area (Å²) in [5.41, 5.74) is 2.97. The Bertz CT molecular complexity index is 586. The molecule has 0 spiro atoms. The number of aromatic nitrogens is 1. The molecule has 74 valence electrons. The fourth-order valence-corrected chi connectivity index (χ4v) is 1.40. The maximum atomic E-state index is 8.76. The molecular formula is C13H7N3. The van der Waals surface area contributed by atoms with E-state index in [9.17, 15) is 0 Å². The van der Waals surface area contributed by atoms with Crippen LogP contribution in [0.2, 0.25) is 0 Å². The van der Waals surface area contributed by atoms with E-state index in [0.717, 1.165) is 11.1 Å². The predicted molar refractivity (Wildman–Crippen MR) is 59.1 cm³/mol. The minimum absolute atomic E-state index is 0.529. The van der Waals surface area contributed by atoms with Gasteiger partial charge in [0.2, 0.25) is 0 Å². The smallest absolute Gasteiger partial charge is 0.101 e. The Balaban J connectivity index is 2.44. The van der Waals surface area contributed by atoms with Crippen molar-refractivity contribution in [1.29, 1.82) is 10.5 Å². The summed E-state index contributed by atoms with van der Waals surface area (Å²) in [5, 5.41) is 17.4. The molecule has 0 unspecified atom stereocenters. The maximum Gasteiger partial charge on any atom is 0.101 e. The van der Waals surface area contributed by atoms with E-state index < -0.39 is 0 Å². The van der Waals surface area contributed by atoms with Gasteiger partial charge in [-0.2, -0.15) is 10.5 Å². The lowest BCUT2D eigenvalue weighted by molar-refractivity contribution is 1.30. The third-order valence-electron chi connectivity index (χ3n) is 2.21. The molecule has 3 nitrogen and oxygen atoms in total. The minimum Gasteiger partial charge on any atom is -0.263 e. The van der Waals surface area contributed by atoms with E-state index in [2.05, 4.69) is 11.1 Å². The van der Waals surface area contributed by atoms with Crippen molar-refractivity contribution in [3.63, 3.8) is 0 Å². The van der Waals surface area contributed by atoms with Crippen LogP contribution in [0.4, 0.5) is 0 Å². The molecular weight excluding hydrogens is 198 g/mol. The number of pyridine rings is 1. The van der Waals surface area contributed by atoms with Gasteiger partial charge in [0.25, 0.3) is 0 Å². The van der Waals surface area contributed by atoms with Gasteiger partial charge >= 0.3 is 0 Å². The molecule has 0 atom stereocenters. The highest BCUT2D eigenvalue weighted by molar-refractivity contribution is 5.64. The number of hydrogen-bond acceptors (Lipinski definition) is 3. The van der Waals surface area contributed by atoms with Gasteiger partial charge in [-0.05, 0) is 23.8 Å². The summed E-state index contributed by atoms with van der Waals surface area (Å²) in [7, 11) is 0. The first-order valence-electron chi connectivity index (χ1n) is 4.69. The van der Waals surface area contributed by atoms with E-state index in [1.165, 1.54) is 6.20 Å². The average Bonchev–Trinajstić information content (AvgIpc) is 2.39. The van der Waals surface area contributed by atoms with Crippen LogP contribution in [-0.4, -0.2) is 4.98 Å². The normalized spacial score (nSPS) is 9.12. The minimum atomic E-state index is 0.529. The second kappa shape index (κ2) is 4.25. The van der Waals surface area contributed by atoms with Crippen LogP contribution in [0, 0.1) is 22.7 Å². The molecule has 2 aromatic rings. The van der Waals surface area contributed by atoms with E-state index in [-0.39, 0.29) is 0 Å².